The molecule has 0 spiro atoms. The van der Waals surface area contributed by atoms with Crippen molar-refractivity contribution in [3.63, 3.8) is 0 Å². The summed E-state index contributed by atoms with van der Waals surface area (Å²) < 4.78 is 0. The third-order valence-corrected chi connectivity index (χ3v) is 5.70. The van der Waals surface area contributed by atoms with Gasteiger partial charge in [-0.1, -0.05) is 26.0 Å². The highest BCUT2D eigenvalue weighted by Gasteiger charge is 2.26. The molecule has 0 fully saturated rings. The van der Waals surface area contributed by atoms with Crippen molar-refractivity contribution in [3.05, 3.63) is 65.3 Å². The van der Waals surface area contributed by atoms with E-state index in [9.17, 15) is 14.4 Å². The lowest BCUT2D eigenvalue weighted by Gasteiger charge is -2.23. The number of hydrogen-bond acceptors (Lipinski definition) is 7. The van der Waals surface area contributed by atoms with Gasteiger partial charge >= 0.3 is 6.03 Å². The van der Waals surface area contributed by atoms with Crippen LogP contribution >= 0.6 is 11.3 Å². The Bertz CT molecular complexity index is 1200. The molecule has 3 rings (SSSR count). The molecule has 0 atom stereocenters. The Morgan fingerprint density at radius 3 is 2.38 bits per heavy atom. The summed E-state index contributed by atoms with van der Waals surface area (Å²) in [5.74, 6) is -0.462. The van der Waals surface area contributed by atoms with Crippen molar-refractivity contribution in [2.75, 3.05) is 18.9 Å². The van der Waals surface area contributed by atoms with Gasteiger partial charge in [0.1, 0.15) is 0 Å². The zero-order chi connectivity index (χ0) is 24.7. The maximum absolute atomic E-state index is 13.0. The smallest absolute Gasteiger partial charge is 0.298 e. The van der Waals surface area contributed by atoms with Gasteiger partial charge < -0.3 is 0 Å². The number of carbonyl (C=O) groups is 3. The van der Waals surface area contributed by atoms with Crippen LogP contribution in [0.25, 0.3) is 11.3 Å². The number of imide groups is 1. The molecule has 10 heteroatoms. The average molecular weight is 477 g/mol. The first-order chi connectivity index (χ1) is 16.3. The number of nitriles is 1. The third kappa shape index (κ3) is 6.02. The molecule has 0 aliphatic heterocycles. The van der Waals surface area contributed by atoms with E-state index in [0.717, 1.165) is 15.4 Å². The second-order valence-corrected chi connectivity index (χ2v) is 8.74. The lowest BCUT2D eigenvalue weighted by atomic mass is 10.1. The Morgan fingerprint density at radius 2 is 1.76 bits per heavy atom. The average Bonchev–Trinajstić information content (AvgIpc) is 3.32. The minimum atomic E-state index is -0.661. The first-order valence-electron chi connectivity index (χ1n) is 10.6. The normalized spacial score (nSPS) is 10.4. The molecule has 3 aromatic rings. The zero-order valence-electron chi connectivity index (χ0n) is 19.1. The first-order valence-corrected chi connectivity index (χ1v) is 11.4. The lowest BCUT2D eigenvalue weighted by Crippen LogP contribution is -2.43. The molecule has 2 heterocycles. The summed E-state index contributed by atoms with van der Waals surface area (Å²) in [5, 5.41) is 14.1. The van der Waals surface area contributed by atoms with Gasteiger partial charge in [-0.25, -0.2) is 14.7 Å². The van der Waals surface area contributed by atoms with Crippen LogP contribution < -0.4 is 5.32 Å². The van der Waals surface area contributed by atoms with Crippen molar-refractivity contribution in [2.24, 2.45) is 5.92 Å². The van der Waals surface area contributed by atoms with Crippen molar-refractivity contribution >= 4 is 34.3 Å². The number of anilines is 1. The summed E-state index contributed by atoms with van der Waals surface area (Å²) in [4.78, 5) is 48.1. The summed E-state index contributed by atoms with van der Waals surface area (Å²) in [7, 11) is 1.33. The molecule has 0 bridgehead atoms. The van der Waals surface area contributed by atoms with E-state index < -0.39 is 11.9 Å². The van der Waals surface area contributed by atoms with Gasteiger partial charge in [0.25, 0.3) is 11.8 Å². The summed E-state index contributed by atoms with van der Waals surface area (Å²) in [6, 6.07) is 9.27. The fourth-order valence-corrected chi connectivity index (χ4v) is 3.69. The van der Waals surface area contributed by atoms with Crippen LogP contribution in [0.5, 0.6) is 0 Å². The minimum absolute atomic E-state index is 0.218. The van der Waals surface area contributed by atoms with Gasteiger partial charge in [0.2, 0.25) is 0 Å². The molecule has 34 heavy (non-hydrogen) atoms. The molecule has 0 radical (unpaired) electrons. The van der Waals surface area contributed by atoms with Crippen LogP contribution in [0.2, 0.25) is 0 Å². The number of urea groups is 1. The van der Waals surface area contributed by atoms with E-state index in [-0.39, 0.29) is 18.4 Å². The summed E-state index contributed by atoms with van der Waals surface area (Å²) in [5.41, 5.74) is 2.21. The van der Waals surface area contributed by atoms with E-state index in [1.807, 2.05) is 13.8 Å². The fraction of sp³-hybridized carbons (Fsp3) is 0.250. The molecular weight excluding hydrogens is 452 g/mol. The second-order valence-electron chi connectivity index (χ2n) is 7.89. The maximum atomic E-state index is 13.0. The van der Waals surface area contributed by atoms with Gasteiger partial charge in [0.05, 0.1) is 5.69 Å². The molecule has 2 aromatic heterocycles. The fourth-order valence-electron chi connectivity index (χ4n) is 2.97. The van der Waals surface area contributed by atoms with E-state index in [2.05, 4.69) is 15.3 Å². The Hall–Kier alpha value is -4.10. The summed E-state index contributed by atoms with van der Waals surface area (Å²) in [6.45, 7) is 4.21. The molecule has 1 aromatic carbocycles. The number of rotatable bonds is 7. The largest absolute Gasteiger partial charge is 0.339 e. The molecule has 1 N–H and O–H groups in total. The first kappa shape index (κ1) is 24.5. The number of thiazole rings is 1. The van der Waals surface area contributed by atoms with Gasteiger partial charge in [-0.3, -0.25) is 24.8 Å². The second kappa shape index (κ2) is 11.2. The van der Waals surface area contributed by atoms with E-state index in [1.54, 1.807) is 60.4 Å². The summed E-state index contributed by atoms with van der Waals surface area (Å²) in [6.07, 6.45) is 5.46. The summed E-state index contributed by atoms with van der Waals surface area (Å²) >= 11 is 1.29. The minimum Gasteiger partial charge on any atom is -0.298 e. The topological polar surface area (TPSA) is 119 Å². The van der Waals surface area contributed by atoms with Gasteiger partial charge in [0, 0.05) is 48.1 Å². The molecule has 0 aliphatic rings. The van der Waals surface area contributed by atoms with E-state index in [4.69, 9.17) is 5.26 Å². The maximum Gasteiger partial charge on any atom is 0.339 e. The van der Waals surface area contributed by atoms with Crippen molar-refractivity contribution in [1.82, 2.24) is 19.8 Å². The Kier molecular flexibility index (Phi) is 8.05. The van der Waals surface area contributed by atoms with Gasteiger partial charge in [0.15, 0.2) is 11.3 Å². The number of pyridine rings is 1. The number of nitrogens with one attached hydrogen (secondary N) is 1. The van der Waals surface area contributed by atoms with Gasteiger partial charge in [-0.15, -0.1) is 11.3 Å². The monoisotopic (exact) mass is 476 g/mol. The number of amides is 4. The standard InChI is InChI=1S/C24H24N6O3S/c1-16(2)10-13-30(24(33)29(3)15-25)22(32)19-6-4-17(5-7-19)20-14-34-23(27-20)28-21(31)18-8-11-26-12-9-18/h4-9,11-12,14,16H,10,13H2,1-3H3,(H,27,28,31). The SMILES string of the molecule is CC(C)CCN(C(=O)c1ccc(-c2csc(NC(=O)c3ccncc3)n2)cc1)C(=O)N(C)C#N. The van der Waals surface area contributed by atoms with Crippen LogP contribution in [0.3, 0.4) is 0 Å². The molecule has 174 valence electrons. The van der Waals surface area contributed by atoms with Crippen molar-refractivity contribution < 1.29 is 14.4 Å². The van der Waals surface area contributed by atoms with Crippen LogP contribution in [-0.4, -0.2) is 51.2 Å². The van der Waals surface area contributed by atoms with Crippen LogP contribution in [0, 0.1) is 17.4 Å². The van der Waals surface area contributed by atoms with E-state index >= 15 is 0 Å². The number of aromatic nitrogens is 2. The molecular formula is C24H24N6O3S. The third-order valence-electron chi connectivity index (χ3n) is 4.94. The van der Waals surface area contributed by atoms with Crippen LogP contribution in [0.1, 0.15) is 41.0 Å². The highest BCUT2D eigenvalue weighted by Crippen LogP contribution is 2.26. The van der Waals surface area contributed by atoms with Crippen LogP contribution in [0.4, 0.5) is 9.93 Å². The quantitative estimate of drug-likeness (QED) is 0.397. The molecule has 4 amide bonds. The number of benzene rings is 1. The van der Waals surface area contributed by atoms with Crippen LogP contribution in [0.15, 0.2) is 54.2 Å². The lowest BCUT2D eigenvalue weighted by molar-refractivity contribution is 0.0775. The molecule has 0 aliphatic carbocycles. The van der Waals surface area contributed by atoms with Crippen molar-refractivity contribution in [3.8, 4) is 17.5 Å². The number of hydrogen-bond donors (Lipinski definition) is 1. The Morgan fingerprint density at radius 1 is 1.09 bits per heavy atom. The van der Waals surface area contributed by atoms with E-state index in [0.29, 0.717) is 28.4 Å². The Balaban J connectivity index is 1.73. The van der Waals surface area contributed by atoms with E-state index in [1.165, 1.54) is 18.4 Å². The predicted octanol–water partition coefficient (Wildman–Crippen LogP) is 4.48. The van der Waals surface area contributed by atoms with Gasteiger partial charge in [-0.05, 0) is 36.6 Å². The number of carbonyl (C=O) groups excluding carboxylic acids is 3. The number of nitrogens with zero attached hydrogens (tertiary/aromatic N) is 5. The van der Waals surface area contributed by atoms with Crippen molar-refractivity contribution in [2.45, 2.75) is 20.3 Å². The zero-order valence-corrected chi connectivity index (χ0v) is 19.9. The van der Waals surface area contributed by atoms with Crippen LogP contribution in [-0.2, 0) is 0 Å². The highest BCUT2D eigenvalue weighted by atomic mass is 32.1. The molecule has 9 nitrogen and oxygen atoms in total. The molecule has 0 saturated carbocycles. The predicted molar refractivity (Wildman–Crippen MR) is 129 cm³/mol. The van der Waals surface area contributed by atoms with Gasteiger partial charge in [-0.2, -0.15) is 5.26 Å². The molecule has 0 saturated heterocycles. The highest BCUT2D eigenvalue weighted by molar-refractivity contribution is 7.14. The van der Waals surface area contributed by atoms with Crippen molar-refractivity contribution in [1.29, 1.82) is 5.26 Å². The Labute approximate surface area is 201 Å². The molecule has 0 unspecified atom stereocenters.